The summed E-state index contributed by atoms with van der Waals surface area (Å²) >= 11 is 6.18. The number of rotatable bonds is 5. The van der Waals surface area contributed by atoms with Gasteiger partial charge < -0.3 is 5.32 Å². The largest absolute Gasteiger partial charge is 0.316 e. The maximum absolute atomic E-state index is 6.18. The molecule has 0 bridgehead atoms. The van der Waals surface area contributed by atoms with Crippen LogP contribution in [0.5, 0.6) is 0 Å². The molecule has 0 aromatic heterocycles. The summed E-state index contributed by atoms with van der Waals surface area (Å²) in [5, 5.41) is 4.12. The maximum Gasteiger partial charge on any atom is 0.0441 e. The zero-order chi connectivity index (χ0) is 11.3. The van der Waals surface area contributed by atoms with Crippen LogP contribution >= 0.6 is 11.6 Å². The van der Waals surface area contributed by atoms with Crippen molar-refractivity contribution < 1.29 is 0 Å². The minimum Gasteiger partial charge on any atom is -0.316 e. The van der Waals surface area contributed by atoms with Crippen molar-refractivity contribution >= 4 is 11.6 Å². The summed E-state index contributed by atoms with van der Waals surface area (Å²) in [6.07, 6.45) is 3.84. The van der Waals surface area contributed by atoms with E-state index in [4.69, 9.17) is 11.6 Å². The molecular weight excluding hydrogens is 206 g/mol. The van der Waals surface area contributed by atoms with E-state index in [0.29, 0.717) is 6.04 Å². The molecule has 0 radical (unpaired) electrons. The predicted molar refractivity (Wildman–Crippen MR) is 67.6 cm³/mol. The Hall–Kier alpha value is -0.790. The second kappa shape index (κ2) is 5.94. The molecule has 82 valence electrons. The van der Waals surface area contributed by atoms with Crippen molar-refractivity contribution in [2.24, 2.45) is 0 Å². The van der Waals surface area contributed by atoms with E-state index in [1.807, 2.05) is 19.2 Å². The summed E-state index contributed by atoms with van der Waals surface area (Å²) in [5.41, 5.74) is 2.40. The van der Waals surface area contributed by atoms with E-state index in [2.05, 4.69) is 31.0 Å². The quantitative estimate of drug-likeness (QED) is 0.755. The number of nitrogens with one attached hydrogen (secondary N) is 1. The third-order valence-electron chi connectivity index (χ3n) is 2.53. The average Bonchev–Trinajstić information content (AvgIpc) is 2.21. The van der Waals surface area contributed by atoms with Crippen LogP contribution in [0.4, 0.5) is 0 Å². The van der Waals surface area contributed by atoms with Crippen LogP contribution in [-0.2, 0) is 6.42 Å². The third-order valence-corrected chi connectivity index (χ3v) is 2.89. The maximum atomic E-state index is 6.18. The van der Waals surface area contributed by atoms with Gasteiger partial charge in [0.05, 0.1) is 0 Å². The molecule has 0 heterocycles. The number of benzene rings is 1. The standard InChI is InChI=1S/C13H18ClN/c1-4-5-12(15-3)9-11-7-6-10(2)8-13(11)14/h4,6-8,12,15H,1,5,9H2,2-3H3. The minimum absolute atomic E-state index is 0.419. The van der Waals surface area contributed by atoms with Gasteiger partial charge >= 0.3 is 0 Å². The van der Waals surface area contributed by atoms with Crippen LogP contribution in [0.2, 0.25) is 5.02 Å². The van der Waals surface area contributed by atoms with Crippen LogP contribution < -0.4 is 5.32 Å². The Kier molecular flexibility index (Phi) is 4.86. The van der Waals surface area contributed by atoms with E-state index >= 15 is 0 Å². The highest BCUT2D eigenvalue weighted by Crippen LogP contribution is 2.19. The molecule has 0 spiro atoms. The second-order valence-electron chi connectivity index (χ2n) is 3.81. The van der Waals surface area contributed by atoms with E-state index in [1.165, 1.54) is 11.1 Å². The molecule has 1 atom stereocenters. The molecule has 1 aromatic carbocycles. The van der Waals surface area contributed by atoms with Gasteiger partial charge in [-0.1, -0.05) is 29.8 Å². The van der Waals surface area contributed by atoms with Gasteiger partial charge in [0.1, 0.15) is 0 Å². The molecule has 15 heavy (non-hydrogen) atoms. The fraction of sp³-hybridized carbons (Fsp3) is 0.385. The van der Waals surface area contributed by atoms with Gasteiger partial charge in [-0.3, -0.25) is 0 Å². The zero-order valence-electron chi connectivity index (χ0n) is 9.39. The topological polar surface area (TPSA) is 12.0 Å². The predicted octanol–water partition coefficient (Wildman–Crippen LogP) is 3.36. The van der Waals surface area contributed by atoms with Crippen molar-refractivity contribution in [3.8, 4) is 0 Å². The molecule has 2 heteroatoms. The first kappa shape index (κ1) is 12.3. The zero-order valence-corrected chi connectivity index (χ0v) is 10.1. The summed E-state index contributed by atoms with van der Waals surface area (Å²) < 4.78 is 0. The van der Waals surface area contributed by atoms with Crippen molar-refractivity contribution in [3.05, 3.63) is 47.0 Å². The molecule has 1 N–H and O–H groups in total. The number of hydrogen-bond acceptors (Lipinski definition) is 1. The summed E-state index contributed by atoms with van der Waals surface area (Å²) in [6, 6.07) is 6.63. The summed E-state index contributed by atoms with van der Waals surface area (Å²) in [6.45, 7) is 5.80. The van der Waals surface area contributed by atoms with Crippen molar-refractivity contribution in [3.63, 3.8) is 0 Å². The first-order valence-electron chi connectivity index (χ1n) is 5.20. The van der Waals surface area contributed by atoms with Crippen LogP contribution in [0.15, 0.2) is 30.9 Å². The van der Waals surface area contributed by atoms with E-state index < -0.39 is 0 Å². The number of likely N-dealkylation sites (N-methyl/N-ethyl adjacent to an activating group) is 1. The van der Waals surface area contributed by atoms with Gasteiger partial charge in [-0.2, -0.15) is 0 Å². The Morgan fingerprint density at radius 3 is 2.80 bits per heavy atom. The highest BCUT2D eigenvalue weighted by Gasteiger charge is 2.08. The molecule has 0 saturated heterocycles. The molecule has 1 rings (SSSR count). The van der Waals surface area contributed by atoms with Gasteiger partial charge in [0.15, 0.2) is 0 Å². The van der Waals surface area contributed by atoms with E-state index in [-0.39, 0.29) is 0 Å². The fourth-order valence-corrected chi connectivity index (χ4v) is 1.90. The second-order valence-corrected chi connectivity index (χ2v) is 4.22. The average molecular weight is 224 g/mol. The molecule has 0 aliphatic heterocycles. The van der Waals surface area contributed by atoms with Gasteiger partial charge in [0.2, 0.25) is 0 Å². The SMILES string of the molecule is C=CCC(Cc1ccc(C)cc1Cl)NC. The molecule has 1 unspecified atom stereocenters. The van der Waals surface area contributed by atoms with Crippen LogP contribution in [-0.4, -0.2) is 13.1 Å². The van der Waals surface area contributed by atoms with Gasteiger partial charge in [-0.15, -0.1) is 6.58 Å². The van der Waals surface area contributed by atoms with Crippen molar-refractivity contribution in [2.45, 2.75) is 25.8 Å². The Bertz CT molecular complexity index is 333. The van der Waals surface area contributed by atoms with E-state index in [9.17, 15) is 0 Å². The van der Waals surface area contributed by atoms with Crippen LogP contribution in [0, 0.1) is 6.92 Å². The highest BCUT2D eigenvalue weighted by molar-refractivity contribution is 6.31. The Morgan fingerprint density at radius 1 is 1.53 bits per heavy atom. The lowest BCUT2D eigenvalue weighted by molar-refractivity contribution is 0.566. The Balaban J connectivity index is 2.74. The molecule has 0 fully saturated rings. The molecular formula is C13H18ClN. The summed E-state index contributed by atoms with van der Waals surface area (Å²) in [4.78, 5) is 0. The molecule has 0 aliphatic rings. The summed E-state index contributed by atoms with van der Waals surface area (Å²) in [7, 11) is 1.97. The smallest absolute Gasteiger partial charge is 0.0441 e. The van der Waals surface area contributed by atoms with Crippen LogP contribution in [0.3, 0.4) is 0 Å². The van der Waals surface area contributed by atoms with Crippen molar-refractivity contribution in [2.75, 3.05) is 7.05 Å². The van der Waals surface area contributed by atoms with Crippen molar-refractivity contribution in [1.82, 2.24) is 5.32 Å². The minimum atomic E-state index is 0.419. The Morgan fingerprint density at radius 2 is 2.27 bits per heavy atom. The molecule has 0 aliphatic carbocycles. The molecule has 0 saturated carbocycles. The van der Waals surface area contributed by atoms with Crippen LogP contribution in [0.25, 0.3) is 0 Å². The van der Waals surface area contributed by atoms with E-state index in [0.717, 1.165) is 17.9 Å². The lowest BCUT2D eigenvalue weighted by Gasteiger charge is -2.15. The van der Waals surface area contributed by atoms with Gasteiger partial charge in [0, 0.05) is 11.1 Å². The molecule has 0 amide bonds. The highest BCUT2D eigenvalue weighted by atomic mass is 35.5. The van der Waals surface area contributed by atoms with Gasteiger partial charge in [-0.25, -0.2) is 0 Å². The number of aryl methyl sites for hydroxylation is 1. The third kappa shape index (κ3) is 3.69. The Labute approximate surface area is 97.1 Å². The van der Waals surface area contributed by atoms with Gasteiger partial charge in [0.25, 0.3) is 0 Å². The van der Waals surface area contributed by atoms with Crippen LogP contribution in [0.1, 0.15) is 17.5 Å². The molecule has 1 nitrogen and oxygen atoms in total. The van der Waals surface area contributed by atoms with Crippen molar-refractivity contribution in [1.29, 1.82) is 0 Å². The number of hydrogen-bond donors (Lipinski definition) is 1. The monoisotopic (exact) mass is 223 g/mol. The molecule has 1 aromatic rings. The summed E-state index contributed by atoms with van der Waals surface area (Å²) in [5.74, 6) is 0. The number of halogens is 1. The lowest BCUT2D eigenvalue weighted by atomic mass is 10.0. The first-order chi connectivity index (χ1) is 7.17. The van der Waals surface area contributed by atoms with Gasteiger partial charge in [-0.05, 0) is 44.0 Å². The fourth-order valence-electron chi connectivity index (χ4n) is 1.59. The lowest BCUT2D eigenvalue weighted by Crippen LogP contribution is -2.26. The first-order valence-corrected chi connectivity index (χ1v) is 5.58. The van der Waals surface area contributed by atoms with E-state index in [1.54, 1.807) is 0 Å². The normalized spacial score (nSPS) is 12.5.